The molecule has 0 rings (SSSR count). The second kappa shape index (κ2) is 16.2. The second-order valence-electron chi connectivity index (χ2n) is 4.30. The van der Waals surface area contributed by atoms with Crippen LogP contribution in [0.5, 0.6) is 0 Å². The maximum Gasteiger partial charge on any atom is 1.00 e. The van der Waals surface area contributed by atoms with Gasteiger partial charge in [-0.1, -0.05) is 64.7 Å². The van der Waals surface area contributed by atoms with Gasteiger partial charge in [-0.3, -0.25) is 0 Å². The van der Waals surface area contributed by atoms with Crippen LogP contribution in [-0.2, 0) is 4.57 Å². The van der Waals surface area contributed by atoms with Gasteiger partial charge in [-0.25, -0.2) is 0 Å². The van der Waals surface area contributed by atoms with Crippen LogP contribution in [0.3, 0.4) is 0 Å². The fraction of sp³-hybridized carbons (Fsp3) is 1.00. The molecule has 0 saturated heterocycles. The van der Waals surface area contributed by atoms with Gasteiger partial charge in [0.1, 0.15) is 0 Å². The van der Waals surface area contributed by atoms with Gasteiger partial charge in [0.2, 0.25) is 0 Å². The standard InChI is InChI=1S/C12H27O2P.Na/c1-2-3-4-5-6-7-8-9-10-11-12-15(13)14;/h15H,2-12H2,1H3,(H,13,14);/q;+1/p-1. The van der Waals surface area contributed by atoms with E-state index in [2.05, 4.69) is 6.92 Å². The van der Waals surface area contributed by atoms with Crippen molar-refractivity contribution in [3.63, 3.8) is 0 Å². The van der Waals surface area contributed by atoms with E-state index in [-0.39, 0.29) is 29.6 Å². The SMILES string of the molecule is CCCCCCCCCCCC[PH](=O)[O-].[Na+]. The van der Waals surface area contributed by atoms with Crippen LogP contribution in [0.15, 0.2) is 0 Å². The quantitative estimate of drug-likeness (QED) is 0.311. The predicted octanol–water partition coefficient (Wildman–Crippen LogP) is 0.746. The van der Waals surface area contributed by atoms with Crippen molar-refractivity contribution in [2.45, 2.75) is 71.1 Å². The van der Waals surface area contributed by atoms with Crippen molar-refractivity contribution in [1.82, 2.24) is 0 Å². The maximum absolute atomic E-state index is 10.3. The Labute approximate surface area is 124 Å². The van der Waals surface area contributed by atoms with Gasteiger partial charge in [0.15, 0.2) is 0 Å². The van der Waals surface area contributed by atoms with Crippen molar-refractivity contribution in [2.24, 2.45) is 0 Å². The Bertz CT molecular complexity index is 154. The van der Waals surface area contributed by atoms with Gasteiger partial charge in [-0.05, 0) is 12.6 Å². The minimum Gasteiger partial charge on any atom is -0.802 e. The molecule has 0 aromatic rings. The van der Waals surface area contributed by atoms with Crippen LogP contribution < -0.4 is 34.5 Å². The molecular weight excluding hydrogens is 230 g/mol. The summed E-state index contributed by atoms with van der Waals surface area (Å²) in [6, 6.07) is 0. The molecule has 4 heteroatoms. The molecule has 0 aliphatic rings. The molecule has 1 atom stereocenters. The summed E-state index contributed by atoms with van der Waals surface area (Å²) in [7, 11) is -2.44. The van der Waals surface area contributed by atoms with Crippen LogP contribution in [0.2, 0.25) is 0 Å². The molecule has 0 N–H and O–H groups in total. The minimum atomic E-state index is -2.44. The van der Waals surface area contributed by atoms with E-state index in [0.717, 1.165) is 12.8 Å². The molecule has 0 spiro atoms. The van der Waals surface area contributed by atoms with Gasteiger partial charge in [-0.2, -0.15) is 0 Å². The van der Waals surface area contributed by atoms with Crippen LogP contribution in [0.4, 0.5) is 0 Å². The van der Waals surface area contributed by atoms with E-state index in [1.54, 1.807) is 0 Å². The van der Waals surface area contributed by atoms with Gasteiger partial charge >= 0.3 is 29.6 Å². The molecule has 0 aliphatic heterocycles. The first kappa shape index (κ1) is 19.5. The van der Waals surface area contributed by atoms with Gasteiger partial charge in [0.25, 0.3) is 0 Å². The molecule has 2 nitrogen and oxygen atoms in total. The van der Waals surface area contributed by atoms with Crippen LogP contribution in [0.25, 0.3) is 0 Å². The van der Waals surface area contributed by atoms with E-state index >= 15 is 0 Å². The molecule has 0 aromatic carbocycles. The molecule has 0 aromatic heterocycles. The Morgan fingerprint density at radius 3 is 1.56 bits per heavy atom. The predicted molar refractivity (Wildman–Crippen MR) is 65.7 cm³/mol. The Kier molecular flexibility index (Phi) is 19.8. The maximum atomic E-state index is 10.3. The fourth-order valence-corrected chi connectivity index (χ4v) is 2.30. The monoisotopic (exact) mass is 256 g/mol. The van der Waals surface area contributed by atoms with E-state index < -0.39 is 8.03 Å². The Morgan fingerprint density at radius 1 is 0.812 bits per heavy atom. The minimum absolute atomic E-state index is 0. The number of rotatable bonds is 11. The van der Waals surface area contributed by atoms with Gasteiger partial charge in [0.05, 0.1) is 0 Å². The molecule has 0 saturated carbocycles. The Morgan fingerprint density at radius 2 is 1.19 bits per heavy atom. The van der Waals surface area contributed by atoms with Gasteiger partial charge < -0.3 is 9.46 Å². The third kappa shape index (κ3) is 17.6. The van der Waals surface area contributed by atoms with E-state index in [0.29, 0.717) is 6.16 Å². The van der Waals surface area contributed by atoms with Gasteiger partial charge in [0, 0.05) is 8.03 Å². The molecule has 1 unspecified atom stereocenters. The zero-order valence-electron chi connectivity index (χ0n) is 11.1. The third-order valence-electron chi connectivity index (χ3n) is 2.73. The molecule has 0 fully saturated rings. The average molecular weight is 256 g/mol. The first-order chi connectivity index (χ1) is 7.27. The van der Waals surface area contributed by atoms with E-state index in [1.807, 2.05) is 0 Å². The molecule has 92 valence electrons. The first-order valence-corrected chi connectivity index (χ1v) is 7.99. The Balaban J connectivity index is 0. The summed E-state index contributed by atoms with van der Waals surface area (Å²) in [6.45, 7) is 2.24. The van der Waals surface area contributed by atoms with Crippen molar-refractivity contribution >= 4 is 8.03 Å². The molecule has 0 aliphatic carbocycles. The number of hydrogen-bond donors (Lipinski definition) is 0. The van der Waals surface area contributed by atoms with Crippen LogP contribution in [0.1, 0.15) is 71.1 Å². The summed E-state index contributed by atoms with van der Waals surface area (Å²) in [5.74, 6) is 0. The van der Waals surface area contributed by atoms with Crippen LogP contribution in [-0.4, -0.2) is 6.16 Å². The molecule has 0 bridgehead atoms. The summed E-state index contributed by atoms with van der Waals surface area (Å²) in [6.07, 6.45) is 13.0. The largest absolute Gasteiger partial charge is 1.00 e. The fourth-order valence-electron chi connectivity index (χ4n) is 1.76. The normalized spacial score (nSPS) is 12.1. The topological polar surface area (TPSA) is 40.1 Å². The summed E-state index contributed by atoms with van der Waals surface area (Å²) >= 11 is 0. The summed E-state index contributed by atoms with van der Waals surface area (Å²) in [5, 5.41) is 0. The van der Waals surface area contributed by atoms with Crippen molar-refractivity contribution in [2.75, 3.05) is 6.16 Å². The van der Waals surface area contributed by atoms with Crippen molar-refractivity contribution in [3.8, 4) is 0 Å². The van der Waals surface area contributed by atoms with E-state index in [1.165, 1.54) is 51.4 Å². The Hall–Kier alpha value is 1.19. The van der Waals surface area contributed by atoms with E-state index in [9.17, 15) is 9.46 Å². The smallest absolute Gasteiger partial charge is 0.802 e. The van der Waals surface area contributed by atoms with Crippen LogP contribution in [0, 0.1) is 0 Å². The third-order valence-corrected chi connectivity index (χ3v) is 3.50. The number of unbranched alkanes of at least 4 members (excludes halogenated alkanes) is 9. The first-order valence-electron chi connectivity index (χ1n) is 6.47. The molecule has 16 heavy (non-hydrogen) atoms. The van der Waals surface area contributed by atoms with Gasteiger partial charge in [-0.15, -0.1) is 0 Å². The van der Waals surface area contributed by atoms with Crippen molar-refractivity contribution < 1.29 is 39.0 Å². The van der Waals surface area contributed by atoms with E-state index in [4.69, 9.17) is 0 Å². The summed E-state index contributed by atoms with van der Waals surface area (Å²) in [4.78, 5) is 10.3. The zero-order chi connectivity index (χ0) is 11.4. The average Bonchev–Trinajstić information content (AvgIpc) is 2.20. The van der Waals surface area contributed by atoms with Crippen molar-refractivity contribution in [1.29, 1.82) is 0 Å². The molecule has 0 amide bonds. The number of hydrogen-bond acceptors (Lipinski definition) is 2. The molecule has 0 radical (unpaired) electrons. The molecular formula is C12H26NaO2P. The second-order valence-corrected chi connectivity index (χ2v) is 5.55. The zero-order valence-corrected chi connectivity index (χ0v) is 14.1. The molecule has 0 heterocycles. The van der Waals surface area contributed by atoms with Crippen molar-refractivity contribution in [3.05, 3.63) is 0 Å². The van der Waals surface area contributed by atoms with Crippen LogP contribution >= 0.6 is 8.03 Å². The summed E-state index contributed by atoms with van der Waals surface area (Å²) < 4.78 is 10.3. The summed E-state index contributed by atoms with van der Waals surface area (Å²) in [5.41, 5.74) is 0.